The largest absolute Gasteiger partial charge is 0.496 e. The van der Waals surface area contributed by atoms with E-state index in [1.54, 1.807) is 7.11 Å². The Hall–Kier alpha value is -2.79. The van der Waals surface area contributed by atoms with Crippen LogP contribution in [0.15, 0.2) is 52.7 Å². The number of methoxy groups -OCH3 is 1. The van der Waals surface area contributed by atoms with Crippen LogP contribution in [0.2, 0.25) is 0 Å². The summed E-state index contributed by atoms with van der Waals surface area (Å²) >= 11 is 1.32. The molecule has 2 heterocycles. The Balaban J connectivity index is 1.45. The van der Waals surface area contributed by atoms with Crippen LogP contribution in [0, 0.1) is 6.92 Å². The molecule has 8 nitrogen and oxygen atoms in total. The van der Waals surface area contributed by atoms with Gasteiger partial charge in [-0.3, -0.25) is 10.1 Å². The molecule has 180 valence electrons. The number of hydrogen-bond donors (Lipinski definition) is 1. The van der Waals surface area contributed by atoms with Crippen LogP contribution in [-0.2, 0) is 14.8 Å². The summed E-state index contributed by atoms with van der Waals surface area (Å²) in [6.07, 6.45) is -0.345. The summed E-state index contributed by atoms with van der Waals surface area (Å²) < 4.78 is 38.4. The summed E-state index contributed by atoms with van der Waals surface area (Å²) in [5.74, 6) is 0.444. The number of morpholine rings is 1. The predicted molar refractivity (Wildman–Crippen MR) is 132 cm³/mol. The van der Waals surface area contributed by atoms with E-state index in [9.17, 15) is 13.2 Å². The number of nitrogens with one attached hydrogen (secondary N) is 1. The highest BCUT2D eigenvalue weighted by atomic mass is 32.2. The Bertz CT molecular complexity index is 1280. The summed E-state index contributed by atoms with van der Waals surface area (Å²) in [4.78, 5) is 17.4. The number of carbonyl (C=O) groups excluding carboxylic acids is 1. The van der Waals surface area contributed by atoms with Crippen LogP contribution in [0.4, 0.5) is 5.13 Å². The molecule has 1 aliphatic rings. The molecule has 1 saturated heterocycles. The molecule has 1 aromatic heterocycles. The number of anilines is 1. The van der Waals surface area contributed by atoms with E-state index in [2.05, 4.69) is 10.3 Å². The number of carbonyl (C=O) groups is 1. The maximum Gasteiger partial charge on any atom is 0.257 e. The Labute approximate surface area is 203 Å². The molecule has 2 aromatic carbocycles. The topological polar surface area (TPSA) is 97.8 Å². The lowest BCUT2D eigenvalue weighted by atomic mass is 10.1. The van der Waals surface area contributed by atoms with Crippen LogP contribution in [0.3, 0.4) is 0 Å². The molecule has 10 heteroatoms. The first kappa shape index (κ1) is 24.3. The third-order valence-corrected chi connectivity index (χ3v) is 8.16. The molecule has 1 amide bonds. The molecule has 1 N–H and O–H groups in total. The highest BCUT2D eigenvalue weighted by Gasteiger charge is 2.32. The fourth-order valence-corrected chi connectivity index (χ4v) is 6.23. The highest BCUT2D eigenvalue weighted by molar-refractivity contribution is 7.89. The molecule has 34 heavy (non-hydrogen) atoms. The zero-order valence-electron chi connectivity index (χ0n) is 19.4. The van der Waals surface area contributed by atoms with Crippen LogP contribution >= 0.6 is 11.3 Å². The lowest BCUT2D eigenvalue weighted by molar-refractivity contribution is -0.0440. The van der Waals surface area contributed by atoms with Gasteiger partial charge in [0.15, 0.2) is 5.13 Å². The number of nitrogens with zero attached hydrogens (tertiary/aromatic N) is 2. The second-order valence-electron chi connectivity index (χ2n) is 8.28. The highest BCUT2D eigenvalue weighted by Crippen LogP contribution is 2.29. The molecule has 4 rings (SSSR count). The first-order chi connectivity index (χ1) is 16.2. The Morgan fingerprint density at radius 3 is 2.44 bits per heavy atom. The van der Waals surface area contributed by atoms with Gasteiger partial charge >= 0.3 is 0 Å². The van der Waals surface area contributed by atoms with Gasteiger partial charge in [0.25, 0.3) is 5.91 Å². The zero-order valence-corrected chi connectivity index (χ0v) is 21.1. The minimum atomic E-state index is -3.66. The molecular formula is C24H27N3O5S2. The molecule has 2 atom stereocenters. The van der Waals surface area contributed by atoms with Crippen molar-refractivity contribution in [1.82, 2.24) is 9.29 Å². The number of hydrogen-bond acceptors (Lipinski definition) is 7. The maximum atomic E-state index is 13.0. The van der Waals surface area contributed by atoms with Crippen molar-refractivity contribution in [2.75, 3.05) is 25.5 Å². The number of ether oxygens (including phenoxy) is 2. The fraction of sp³-hybridized carbons (Fsp3) is 0.333. The normalized spacial score (nSPS) is 19.1. The van der Waals surface area contributed by atoms with Gasteiger partial charge < -0.3 is 9.47 Å². The van der Waals surface area contributed by atoms with E-state index in [0.717, 1.165) is 22.6 Å². The molecular weight excluding hydrogens is 474 g/mol. The monoisotopic (exact) mass is 501 g/mol. The molecule has 0 saturated carbocycles. The molecule has 3 aromatic rings. The van der Waals surface area contributed by atoms with Gasteiger partial charge in [0.1, 0.15) is 5.75 Å². The van der Waals surface area contributed by atoms with Crippen molar-refractivity contribution in [3.63, 3.8) is 0 Å². The van der Waals surface area contributed by atoms with Crippen LogP contribution in [-0.4, -0.2) is 56.0 Å². The lowest BCUT2D eigenvalue weighted by Gasteiger charge is -2.34. The maximum absolute atomic E-state index is 13.0. The summed E-state index contributed by atoms with van der Waals surface area (Å²) in [6.45, 7) is 6.27. The smallest absolute Gasteiger partial charge is 0.257 e. The van der Waals surface area contributed by atoms with E-state index in [-0.39, 0.29) is 23.0 Å². The van der Waals surface area contributed by atoms with Gasteiger partial charge in [-0.25, -0.2) is 13.4 Å². The summed E-state index contributed by atoms with van der Waals surface area (Å²) in [5.41, 5.74) is 3.02. The first-order valence-corrected chi connectivity index (χ1v) is 13.2. The SMILES string of the molecule is COc1ccc(-c2csc(NC(=O)c3ccc(S(=O)(=O)N4CC(C)OC(C)C4)cc3)n2)cc1C. The number of rotatable bonds is 6. The Morgan fingerprint density at radius 1 is 1.15 bits per heavy atom. The number of aromatic nitrogens is 1. The fourth-order valence-electron chi connectivity index (χ4n) is 3.93. The number of amides is 1. The number of benzene rings is 2. The second kappa shape index (κ2) is 9.83. The summed E-state index contributed by atoms with van der Waals surface area (Å²) in [6, 6.07) is 11.7. The molecule has 0 bridgehead atoms. The van der Waals surface area contributed by atoms with Crippen molar-refractivity contribution in [3.8, 4) is 17.0 Å². The van der Waals surface area contributed by atoms with E-state index < -0.39 is 10.0 Å². The number of sulfonamides is 1. The van der Waals surface area contributed by atoms with Crippen LogP contribution in [0.1, 0.15) is 29.8 Å². The van der Waals surface area contributed by atoms with Crippen LogP contribution in [0.25, 0.3) is 11.3 Å². The molecule has 1 fully saturated rings. The van der Waals surface area contributed by atoms with E-state index >= 15 is 0 Å². The van der Waals surface area contributed by atoms with Crippen molar-refractivity contribution in [1.29, 1.82) is 0 Å². The van der Waals surface area contributed by atoms with Gasteiger partial charge in [-0.15, -0.1) is 11.3 Å². The third-order valence-electron chi connectivity index (χ3n) is 5.56. The Kier molecular flexibility index (Phi) is 7.04. The van der Waals surface area contributed by atoms with Gasteiger partial charge in [-0.2, -0.15) is 4.31 Å². The standard InChI is InChI=1S/C24H27N3O5S2/c1-15-11-19(7-10-22(15)31-4)21-14-33-24(25-21)26-23(28)18-5-8-20(9-6-18)34(29,30)27-12-16(2)32-17(3)13-27/h5-11,14,16-17H,12-13H2,1-4H3,(H,25,26,28). The zero-order chi connectivity index (χ0) is 24.5. The van der Waals surface area contributed by atoms with Crippen molar-refractivity contribution in [2.24, 2.45) is 0 Å². The Morgan fingerprint density at radius 2 is 1.82 bits per heavy atom. The van der Waals surface area contributed by atoms with Gasteiger partial charge in [-0.05, 0) is 68.8 Å². The van der Waals surface area contributed by atoms with Crippen molar-refractivity contribution >= 4 is 32.4 Å². The van der Waals surface area contributed by atoms with Crippen molar-refractivity contribution in [3.05, 3.63) is 59.0 Å². The molecule has 0 aliphatic carbocycles. The van der Waals surface area contributed by atoms with E-state index in [1.807, 2.05) is 44.4 Å². The van der Waals surface area contributed by atoms with E-state index in [0.29, 0.717) is 23.8 Å². The molecule has 0 spiro atoms. The van der Waals surface area contributed by atoms with Crippen LogP contribution < -0.4 is 10.1 Å². The summed E-state index contributed by atoms with van der Waals surface area (Å²) in [7, 11) is -2.03. The van der Waals surface area contributed by atoms with Crippen molar-refractivity contribution < 1.29 is 22.7 Å². The minimum absolute atomic E-state index is 0.150. The van der Waals surface area contributed by atoms with E-state index in [1.165, 1.54) is 39.9 Å². The lowest BCUT2D eigenvalue weighted by Crippen LogP contribution is -2.48. The number of aryl methyl sites for hydroxylation is 1. The van der Waals surface area contributed by atoms with Gasteiger partial charge in [0.05, 0.1) is 29.9 Å². The quantitative estimate of drug-likeness (QED) is 0.544. The van der Waals surface area contributed by atoms with Gasteiger partial charge in [-0.1, -0.05) is 0 Å². The summed E-state index contributed by atoms with van der Waals surface area (Å²) in [5, 5.41) is 5.12. The third kappa shape index (κ3) is 5.15. The van der Waals surface area contributed by atoms with Gasteiger partial charge in [0, 0.05) is 29.6 Å². The number of thiazole rings is 1. The van der Waals surface area contributed by atoms with Crippen LogP contribution in [0.5, 0.6) is 5.75 Å². The van der Waals surface area contributed by atoms with Gasteiger partial charge in [0.2, 0.25) is 10.0 Å². The average molecular weight is 502 g/mol. The predicted octanol–water partition coefficient (Wildman–Crippen LogP) is 4.18. The first-order valence-electron chi connectivity index (χ1n) is 10.8. The van der Waals surface area contributed by atoms with Crippen molar-refractivity contribution in [2.45, 2.75) is 37.9 Å². The van der Waals surface area contributed by atoms with E-state index in [4.69, 9.17) is 9.47 Å². The molecule has 0 radical (unpaired) electrons. The second-order valence-corrected chi connectivity index (χ2v) is 11.1. The molecule has 1 aliphatic heterocycles. The minimum Gasteiger partial charge on any atom is -0.496 e. The molecule has 2 unspecified atom stereocenters. The average Bonchev–Trinajstić information content (AvgIpc) is 3.27.